The van der Waals surface area contributed by atoms with Gasteiger partial charge < -0.3 is 4.74 Å². The zero-order chi connectivity index (χ0) is 24.4. The van der Waals surface area contributed by atoms with Crippen LogP contribution in [0.4, 0.5) is 5.69 Å². The Morgan fingerprint density at radius 2 is 1.86 bits per heavy atom. The van der Waals surface area contributed by atoms with Gasteiger partial charge in [0.2, 0.25) is 10.0 Å². The number of ketones is 1. The number of carbonyl (C=O) groups is 1. The smallest absolute Gasteiger partial charge is 0.229 e. The molecule has 0 radical (unpaired) electrons. The minimum Gasteiger partial charge on any atom is -0.485 e. The Morgan fingerprint density at radius 3 is 2.54 bits per heavy atom. The van der Waals surface area contributed by atoms with Crippen LogP contribution in [0.15, 0.2) is 36.4 Å². The lowest BCUT2D eigenvalue weighted by atomic mass is 9.70. The number of hydrogen-bond acceptors (Lipinski definition) is 6. The van der Waals surface area contributed by atoms with Crippen molar-refractivity contribution in [2.75, 3.05) is 24.1 Å². The van der Waals surface area contributed by atoms with Gasteiger partial charge in [-0.25, -0.2) is 8.42 Å². The van der Waals surface area contributed by atoms with E-state index < -0.39 is 21.0 Å². The third-order valence-corrected chi connectivity index (χ3v) is 9.16. The first-order chi connectivity index (χ1) is 16.7. The molecule has 4 aliphatic rings. The van der Waals surface area contributed by atoms with Gasteiger partial charge in [0.05, 0.1) is 28.9 Å². The van der Waals surface area contributed by atoms with Crippen molar-refractivity contribution in [3.8, 4) is 11.8 Å². The summed E-state index contributed by atoms with van der Waals surface area (Å²) in [5.41, 5.74) is 3.30. The number of benzene rings is 2. The van der Waals surface area contributed by atoms with Gasteiger partial charge in [-0.3, -0.25) is 14.4 Å². The molecule has 2 fully saturated rings. The molecule has 0 unspecified atom stereocenters. The molecule has 2 aromatic carbocycles. The summed E-state index contributed by atoms with van der Waals surface area (Å²) >= 11 is 0. The third-order valence-electron chi connectivity index (χ3n) is 8.55. The van der Waals surface area contributed by atoms with Crippen LogP contribution in [-0.4, -0.2) is 50.1 Å². The van der Waals surface area contributed by atoms with E-state index in [1.165, 1.54) is 11.1 Å². The number of rotatable bonds is 3. The van der Waals surface area contributed by atoms with Crippen LogP contribution < -0.4 is 9.46 Å². The maximum atomic E-state index is 13.7. The lowest BCUT2D eigenvalue weighted by Gasteiger charge is -2.50. The fraction of sp³-hybridized carbons (Fsp3) is 0.481. The summed E-state index contributed by atoms with van der Waals surface area (Å²) in [5.74, 6) is 0.671. The summed E-state index contributed by atoms with van der Waals surface area (Å²) in [7, 11) is -3.42. The number of fused-ring (bicyclic) bond motifs is 3. The lowest BCUT2D eigenvalue weighted by Crippen LogP contribution is -2.59. The van der Waals surface area contributed by atoms with E-state index in [-0.39, 0.29) is 5.78 Å². The fourth-order valence-corrected chi connectivity index (χ4v) is 7.16. The van der Waals surface area contributed by atoms with E-state index in [1.807, 2.05) is 12.1 Å². The number of ether oxygens (including phenoxy) is 1. The first-order valence-corrected chi connectivity index (χ1v) is 14.2. The van der Waals surface area contributed by atoms with Crippen molar-refractivity contribution in [2.24, 2.45) is 5.41 Å². The molecule has 0 bridgehead atoms. The van der Waals surface area contributed by atoms with Crippen molar-refractivity contribution in [2.45, 2.75) is 56.6 Å². The molecule has 182 valence electrons. The van der Waals surface area contributed by atoms with Gasteiger partial charge in [-0.1, -0.05) is 6.07 Å². The molecule has 0 amide bonds. The molecule has 35 heavy (non-hydrogen) atoms. The number of sulfonamides is 1. The van der Waals surface area contributed by atoms with Gasteiger partial charge in [-0.2, -0.15) is 5.26 Å². The Balaban J connectivity index is 1.20. The first-order valence-electron chi connectivity index (χ1n) is 12.3. The highest BCUT2D eigenvalue weighted by atomic mass is 32.2. The van der Waals surface area contributed by atoms with Crippen LogP contribution in [0.1, 0.15) is 59.2 Å². The maximum Gasteiger partial charge on any atom is 0.229 e. The molecule has 2 spiro atoms. The number of hydrogen-bond donors (Lipinski definition) is 1. The summed E-state index contributed by atoms with van der Waals surface area (Å²) < 4.78 is 32.4. The van der Waals surface area contributed by atoms with Crippen LogP contribution >= 0.6 is 0 Å². The van der Waals surface area contributed by atoms with E-state index >= 15 is 0 Å². The van der Waals surface area contributed by atoms with Gasteiger partial charge >= 0.3 is 0 Å². The van der Waals surface area contributed by atoms with Crippen LogP contribution in [0.2, 0.25) is 0 Å². The molecule has 1 saturated carbocycles. The van der Waals surface area contributed by atoms with Crippen LogP contribution in [0.3, 0.4) is 0 Å². The predicted octanol–water partition coefficient (Wildman–Crippen LogP) is 3.68. The molecule has 6 rings (SSSR count). The molecule has 0 aromatic heterocycles. The van der Waals surface area contributed by atoms with Crippen LogP contribution in [0, 0.1) is 16.7 Å². The average molecular weight is 492 g/mol. The molecule has 8 heteroatoms. The number of likely N-dealkylation sites (tertiary alicyclic amines) is 1. The maximum absolute atomic E-state index is 13.7. The second-order valence-electron chi connectivity index (χ2n) is 10.6. The molecule has 2 heterocycles. The van der Waals surface area contributed by atoms with Gasteiger partial charge in [0.15, 0.2) is 5.78 Å². The van der Waals surface area contributed by atoms with E-state index in [9.17, 15) is 18.5 Å². The highest BCUT2D eigenvalue weighted by Gasteiger charge is 2.68. The minimum atomic E-state index is -3.42. The van der Waals surface area contributed by atoms with Crippen molar-refractivity contribution in [3.63, 3.8) is 0 Å². The molecule has 2 aromatic rings. The summed E-state index contributed by atoms with van der Waals surface area (Å²) in [4.78, 5) is 16.2. The van der Waals surface area contributed by atoms with Gasteiger partial charge in [0, 0.05) is 37.7 Å². The molecule has 2 aliphatic carbocycles. The summed E-state index contributed by atoms with van der Waals surface area (Å²) in [5, 5.41) is 9.18. The highest BCUT2D eigenvalue weighted by molar-refractivity contribution is 7.92. The Bertz CT molecular complexity index is 1370. The van der Waals surface area contributed by atoms with Gasteiger partial charge in [-0.15, -0.1) is 0 Å². The number of carbonyl (C=O) groups excluding carboxylic acids is 1. The summed E-state index contributed by atoms with van der Waals surface area (Å²) in [6.45, 7) is 1.79. The molecule has 1 atom stereocenters. The molecule has 1 N–H and O–H groups in total. The van der Waals surface area contributed by atoms with Crippen molar-refractivity contribution < 1.29 is 17.9 Å². The van der Waals surface area contributed by atoms with Gasteiger partial charge in [-0.05, 0) is 73.6 Å². The lowest BCUT2D eigenvalue weighted by molar-refractivity contribution is -0.0615. The number of anilines is 1. The van der Waals surface area contributed by atoms with Crippen LogP contribution in [0.5, 0.6) is 5.75 Å². The van der Waals surface area contributed by atoms with E-state index in [2.05, 4.69) is 21.8 Å². The van der Waals surface area contributed by atoms with Crippen LogP contribution in [-0.2, 0) is 22.9 Å². The van der Waals surface area contributed by atoms with E-state index in [1.54, 1.807) is 18.2 Å². The first kappa shape index (κ1) is 22.6. The highest BCUT2D eigenvalue weighted by Crippen LogP contribution is 2.64. The quantitative estimate of drug-likeness (QED) is 0.703. The Labute approximate surface area is 206 Å². The monoisotopic (exact) mass is 491 g/mol. The SMILES string of the molecule is CS(=O)(=O)Nc1ccc2c(c1)C(=O)C1(CC1)C1(CCN([C@@H]3CCc4cc(C#N)ccc4C3)CC1)O2. The number of nitrogens with one attached hydrogen (secondary N) is 1. The molecule has 7 nitrogen and oxygen atoms in total. The van der Waals surface area contributed by atoms with Gasteiger partial charge in [0.1, 0.15) is 11.4 Å². The van der Waals surface area contributed by atoms with Crippen molar-refractivity contribution in [1.82, 2.24) is 4.90 Å². The standard InChI is InChI=1S/C27H29N3O4S/c1-35(32,33)29-21-5-7-24-23(16-21)25(31)26(8-9-26)27(34-24)10-12-30(13-11-27)22-6-4-19-14-18(17-28)2-3-20(19)15-22/h2-3,5,7,14,16,22,29H,4,6,8-13,15H2,1H3/t22-/m1/s1. The van der Waals surface area contributed by atoms with Gasteiger partial charge in [0.25, 0.3) is 0 Å². The second-order valence-corrected chi connectivity index (χ2v) is 12.4. The number of piperidine rings is 1. The van der Waals surface area contributed by atoms with E-state index in [0.717, 1.165) is 69.9 Å². The zero-order valence-electron chi connectivity index (χ0n) is 19.8. The van der Waals surface area contributed by atoms with E-state index in [4.69, 9.17) is 4.74 Å². The minimum absolute atomic E-state index is 0.101. The van der Waals surface area contributed by atoms with E-state index in [0.29, 0.717) is 23.0 Å². The zero-order valence-corrected chi connectivity index (χ0v) is 20.7. The largest absolute Gasteiger partial charge is 0.485 e. The normalized spacial score (nSPS) is 24.2. The van der Waals surface area contributed by atoms with Crippen LogP contribution in [0.25, 0.3) is 0 Å². The predicted molar refractivity (Wildman–Crippen MR) is 132 cm³/mol. The molecular formula is C27H29N3O4S. The molecule has 2 aliphatic heterocycles. The average Bonchev–Trinajstić information content (AvgIpc) is 3.65. The number of nitrogens with zero attached hydrogens (tertiary/aromatic N) is 2. The topological polar surface area (TPSA) is 99.5 Å². The number of nitriles is 1. The molecule has 1 saturated heterocycles. The number of Topliss-reactive ketones (excluding diaryl/α,β-unsaturated/α-hetero) is 1. The van der Waals surface area contributed by atoms with Crippen molar-refractivity contribution in [3.05, 3.63) is 58.7 Å². The summed E-state index contributed by atoms with van der Waals surface area (Å²) in [6.07, 6.45) is 7.46. The summed E-state index contributed by atoms with van der Waals surface area (Å²) in [6, 6.07) is 13.8. The fourth-order valence-electron chi connectivity index (χ4n) is 6.60. The second kappa shape index (κ2) is 7.81. The van der Waals surface area contributed by atoms with Crippen molar-refractivity contribution in [1.29, 1.82) is 5.26 Å². The Morgan fingerprint density at radius 1 is 1.09 bits per heavy atom. The van der Waals surface area contributed by atoms with Crippen molar-refractivity contribution >= 4 is 21.5 Å². The Kier molecular flexibility index (Phi) is 5.03. The molecular weight excluding hydrogens is 462 g/mol. The third kappa shape index (κ3) is 3.73. The number of aryl methyl sites for hydroxylation is 1. The Hall–Kier alpha value is -2.89.